The highest BCUT2D eigenvalue weighted by Crippen LogP contribution is 2.27. The summed E-state index contributed by atoms with van der Waals surface area (Å²) < 4.78 is 4.84. The van der Waals surface area contributed by atoms with E-state index in [0.29, 0.717) is 6.42 Å². The second-order valence-electron chi connectivity index (χ2n) is 3.78. The molecule has 0 aliphatic heterocycles. The van der Waals surface area contributed by atoms with Crippen molar-refractivity contribution in [2.45, 2.75) is 50.7 Å². The lowest BCUT2D eigenvalue weighted by Crippen LogP contribution is -2.28. The molecule has 0 aromatic heterocycles. The molecule has 12 heavy (non-hydrogen) atoms. The van der Waals surface area contributed by atoms with Gasteiger partial charge in [-0.2, -0.15) is 5.26 Å². The average Bonchev–Trinajstić information content (AvgIpc) is 2.11. The van der Waals surface area contributed by atoms with Gasteiger partial charge in [-0.1, -0.05) is 6.42 Å². The van der Waals surface area contributed by atoms with Crippen molar-refractivity contribution in [2.24, 2.45) is 0 Å². The second kappa shape index (κ2) is 3.77. The van der Waals surface area contributed by atoms with Crippen molar-refractivity contribution >= 4 is 0 Å². The lowest BCUT2D eigenvalue weighted by atomic mass is 9.96. The number of rotatable bonds is 1. The minimum Gasteiger partial charge on any atom is -0.424 e. The molecular weight excluding hydrogens is 154 g/mol. The van der Waals surface area contributed by atoms with Crippen molar-refractivity contribution in [3.63, 3.8) is 0 Å². The molecule has 0 spiro atoms. The number of ether oxygens (including phenoxy) is 1. The van der Waals surface area contributed by atoms with E-state index in [2.05, 4.69) is 0 Å². The number of hydrogen-bond donors (Lipinski definition) is 1. The van der Waals surface area contributed by atoms with Gasteiger partial charge in [0.25, 0.3) is 6.26 Å². The van der Waals surface area contributed by atoms with Crippen LogP contribution in [-0.4, -0.2) is 16.8 Å². The Morgan fingerprint density at radius 1 is 1.58 bits per heavy atom. The molecule has 0 radical (unpaired) electrons. The van der Waals surface area contributed by atoms with E-state index in [9.17, 15) is 5.11 Å². The number of nitrogens with zero attached hydrogens (tertiary/aromatic N) is 1. The van der Waals surface area contributed by atoms with Crippen LogP contribution in [0.2, 0.25) is 0 Å². The summed E-state index contributed by atoms with van der Waals surface area (Å²) in [6.07, 6.45) is 5.98. The summed E-state index contributed by atoms with van der Waals surface area (Å²) in [5.41, 5.74) is -0.641. The minimum atomic E-state index is -0.641. The fourth-order valence-electron chi connectivity index (χ4n) is 1.75. The van der Waals surface area contributed by atoms with Crippen LogP contribution in [0.4, 0.5) is 0 Å². The van der Waals surface area contributed by atoms with E-state index in [-0.39, 0.29) is 6.10 Å². The topological polar surface area (TPSA) is 53.2 Å². The van der Waals surface area contributed by atoms with Crippen LogP contribution in [-0.2, 0) is 4.74 Å². The summed E-state index contributed by atoms with van der Waals surface area (Å²) in [5.74, 6) is 0. The minimum absolute atomic E-state index is 0.0764. The maximum Gasteiger partial charge on any atom is 0.286 e. The molecule has 1 rings (SSSR count). The summed E-state index contributed by atoms with van der Waals surface area (Å²) >= 11 is 0. The first-order valence-corrected chi connectivity index (χ1v) is 4.41. The average molecular weight is 169 g/mol. The lowest BCUT2D eigenvalue weighted by Gasteiger charge is -2.23. The van der Waals surface area contributed by atoms with Gasteiger partial charge in [-0.25, -0.2) is 0 Å². The van der Waals surface area contributed by atoms with E-state index >= 15 is 0 Å². The van der Waals surface area contributed by atoms with Crippen molar-refractivity contribution in [3.05, 3.63) is 0 Å². The summed E-state index contributed by atoms with van der Waals surface area (Å²) in [4.78, 5) is 0. The van der Waals surface area contributed by atoms with Crippen LogP contribution in [0.1, 0.15) is 39.0 Å². The summed E-state index contributed by atoms with van der Waals surface area (Å²) in [6.45, 7) is 1.81. The molecule has 3 nitrogen and oxygen atoms in total. The second-order valence-corrected chi connectivity index (χ2v) is 3.78. The van der Waals surface area contributed by atoms with E-state index in [1.165, 1.54) is 0 Å². The highest BCUT2D eigenvalue weighted by Gasteiger charge is 2.28. The van der Waals surface area contributed by atoms with E-state index in [0.717, 1.165) is 25.7 Å². The molecule has 0 saturated heterocycles. The predicted octanol–water partition coefficient (Wildman–Crippen LogP) is 1.57. The zero-order chi connectivity index (χ0) is 9.03. The first kappa shape index (κ1) is 9.34. The molecular formula is C9H15NO2. The Kier molecular flexibility index (Phi) is 2.93. The van der Waals surface area contributed by atoms with Crippen molar-refractivity contribution < 1.29 is 9.84 Å². The van der Waals surface area contributed by atoms with Crippen LogP contribution >= 0.6 is 0 Å². The molecule has 2 unspecified atom stereocenters. The molecule has 1 saturated carbocycles. The Hall–Kier alpha value is -0.750. The highest BCUT2D eigenvalue weighted by atomic mass is 16.5. The predicted molar refractivity (Wildman–Crippen MR) is 44.2 cm³/mol. The fraction of sp³-hybridized carbons (Fsp3) is 0.889. The maximum absolute atomic E-state index is 9.76. The van der Waals surface area contributed by atoms with E-state index in [4.69, 9.17) is 10.00 Å². The molecule has 68 valence electrons. The smallest absolute Gasteiger partial charge is 0.286 e. The Labute approximate surface area is 73.0 Å². The fourth-order valence-corrected chi connectivity index (χ4v) is 1.75. The van der Waals surface area contributed by atoms with Crippen LogP contribution in [0.15, 0.2) is 0 Å². The van der Waals surface area contributed by atoms with Crippen LogP contribution in [0.3, 0.4) is 0 Å². The highest BCUT2D eigenvalue weighted by molar-refractivity contribution is 4.82. The van der Waals surface area contributed by atoms with Gasteiger partial charge < -0.3 is 9.84 Å². The Bertz CT molecular complexity index is 183. The molecule has 0 heterocycles. The van der Waals surface area contributed by atoms with Gasteiger partial charge in [-0.15, -0.1) is 0 Å². The standard InChI is InChI=1S/C9H15NO2/c1-9(11)5-3-2-4-8(6-9)12-7-10/h8,11H,2-6H2,1H3. The first-order valence-electron chi connectivity index (χ1n) is 4.41. The molecule has 0 aromatic carbocycles. The molecule has 0 aromatic rings. The van der Waals surface area contributed by atoms with Gasteiger partial charge in [0, 0.05) is 6.42 Å². The van der Waals surface area contributed by atoms with E-state index in [1.807, 2.05) is 6.92 Å². The summed E-state index contributed by atoms with van der Waals surface area (Å²) in [6, 6.07) is 0. The Morgan fingerprint density at radius 2 is 2.33 bits per heavy atom. The Balaban J connectivity index is 2.49. The molecule has 1 aliphatic carbocycles. The van der Waals surface area contributed by atoms with Crippen molar-refractivity contribution in [1.29, 1.82) is 5.26 Å². The molecule has 1 fully saturated rings. The molecule has 0 bridgehead atoms. The van der Waals surface area contributed by atoms with E-state index < -0.39 is 5.60 Å². The summed E-state index contributed by atoms with van der Waals surface area (Å²) in [5, 5.41) is 18.1. The number of hydrogen-bond acceptors (Lipinski definition) is 3. The first-order chi connectivity index (χ1) is 5.64. The van der Waals surface area contributed by atoms with Crippen LogP contribution in [0.5, 0.6) is 0 Å². The Morgan fingerprint density at radius 3 is 3.00 bits per heavy atom. The quantitative estimate of drug-likeness (QED) is 0.479. The van der Waals surface area contributed by atoms with Gasteiger partial charge in [-0.3, -0.25) is 0 Å². The van der Waals surface area contributed by atoms with Crippen LogP contribution in [0, 0.1) is 11.5 Å². The van der Waals surface area contributed by atoms with Gasteiger partial charge in [0.15, 0.2) is 0 Å². The van der Waals surface area contributed by atoms with Gasteiger partial charge in [0.1, 0.15) is 6.10 Å². The lowest BCUT2D eigenvalue weighted by molar-refractivity contribution is 0.00507. The molecule has 1 N–H and O–H groups in total. The van der Waals surface area contributed by atoms with Crippen molar-refractivity contribution in [2.75, 3.05) is 0 Å². The van der Waals surface area contributed by atoms with Crippen LogP contribution < -0.4 is 0 Å². The monoisotopic (exact) mass is 169 g/mol. The zero-order valence-electron chi connectivity index (χ0n) is 7.42. The van der Waals surface area contributed by atoms with Gasteiger partial charge in [-0.05, 0) is 26.2 Å². The molecule has 2 atom stereocenters. The number of aliphatic hydroxyl groups is 1. The number of nitriles is 1. The maximum atomic E-state index is 9.76. The van der Waals surface area contributed by atoms with Gasteiger partial charge in [0.05, 0.1) is 5.60 Å². The molecule has 3 heteroatoms. The molecule has 1 aliphatic rings. The summed E-state index contributed by atoms with van der Waals surface area (Å²) in [7, 11) is 0. The van der Waals surface area contributed by atoms with Gasteiger partial charge in [0.2, 0.25) is 0 Å². The third kappa shape index (κ3) is 2.71. The molecule has 0 amide bonds. The third-order valence-corrected chi connectivity index (χ3v) is 2.38. The van der Waals surface area contributed by atoms with E-state index in [1.54, 1.807) is 6.26 Å². The zero-order valence-corrected chi connectivity index (χ0v) is 7.42. The van der Waals surface area contributed by atoms with Crippen molar-refractivity contribution in [3.8, 4) is 6.26 Å². The SMILES string of the molecule is CC1(O)CCCCC(OC#N)C1. The van der Waals surface area contributed by atoms with Crippen molar-refractivity contribution in [1.82, 2.24) is 0 Å². The third-order valence-electron chi connectivity index (χ3n) is 2.38. The largest absolute Gasteiger partial charge is 0.424 e. The normalized spacial score (nSPS) is 36.6. The van der Waals surface area contributed by atoms with Crippen LogP contribution in [0.25, 0.3) is 0 Å². The van der Waals surface area contributed by atoms with Gasteiger partial charge >= 0.3 is 0 Å².